The van der Waals surface area contributed by atoms with Crippen molar-refractivity contribution in [2.45, 2.75) is 5.16 Å². The number of nitrogens with zero attached hydrogens (tertiary/aromatic N) is 2. The first kappa shape index (κ1) is 6.67. The van der Waals surface area contributed by atoms with Crippen LogP contribution in [0.3, 0.4) is 0 Å². The van der Waals surface area contributed by atoms with Crippen molar-refractivity contribution in [3.8, 4) is 0 Å². The minimum atomic E-state index is -0.0153. The van der Waals surface area contributed by atoms with Gasteiger partial charge in [-0.3, -0.25) is 9.36 Å². The SMILES string of the molecule is O=c1ccnc2n1C=CCS2. The van der Waals surface area contributed by atoms with Crippen molar-refractivity contribution >= 4 is 18.0 Å². The van der Waals surface area contributed by atoms with Crippen molar-refractivity contribution in [3.05, 3.63) is 28.7 Å². The highest BCUT2D eigenvalue weighted by Gasteiger charge is 2.04. The molecule has 2 rings (SSSR count). The van der Waals surface area contributed by atoms with E-state index in [-0.39, 0.29) is 5.56 Å². The quantitative estimate of drug-likeness (QED) is 0.535. The summed E-state index contributed by atoms with van der Waals surface area (Å²) in [7, 11) is 0. The van der Waals surface area contributed by atoms with Crippen LogP contribution in [0.15, 0.2) is 28.3 Å². The summed E-state index contributed by atoms with van der Waals surface area (Å²) in [5.41, 5.74) is -0.0153. The van der Waals surface area contributed by atoms with Crippen molar-refractivity contribution in [1.29, 1.82) is 0 Å². The van der Waals surface area contributed by atoms with E-state index >= 15 is 0 Å². The molecule has 1 aliphatic heterocycles. The molecule has 0 spiro atoms. The molecule has 0 unspecified atom stereocenters. The van der Waals surface area contributed by atoms with Crippen LogP contribution in [0, 0.1) is 0 Å². The van der Waals surface area contributed by atoms with E-state index < -0.39 is 0 Å². The van der Waals surface area contributed by atoms with Gasteiger partial charge in [0.25, 0.3) is 5.56 Å². The van der Waals surface area contributed by atoms with Crippen molar-refractivity contribution in [3.63, 3.8) is 0 Å². The van der Waals surface area contributed by atoms with Crippen LogP contribution in [-0.4, -0.2) is 15.3 Å². The molecule has 0 saturated carbocycles. The van der Waals surface area contributed by atoms with Gasteiger partial charge in [0.2, 0.25) is 0 Å². The van der Waals surface area contributed by atoms with E-state index in [1.165, 1.54) is 6.07 Å². The lowest BCUT2D eigenvalue weighted by molar-refractivity contribution is 0.828. The fourth-order valence-corrected chi connectivity index (χ4v) is 1.67. The van der Waals surface area contributed by atoms with E-state index in [1.54, 1.807) is 28.7 Å². The number of rotatable bonds is 0. The van der Waals surface area contributed by atoms with Crippen LogP contribution in [0.5, 0.6) is 0 Å². The Morgan fingerprint density at radius 2 is 2.55 bits per heavy atom. The van der Waals surface area contributed by atoms with Crippen molar-refractivity contribution < 1.29 is 0 Å². The summed E-state index contributed by atoms with van der Waals surface area (Å²) in [4.78, 5) is 15.2. The van der Waals surface area contributed by atoms with Gasteiger partial charge in [-0.2, -0.15) is 0 Å². The minimum absolute atomic E-state index is 0.0153. The Morgan fingerprint density at radius 3 is 3.36 bits per heavy atom. The van der Waals surface area contributed by atoms with Crippen LogP contribution in [0.1, 0.15) is 0 Å². The van der Waals surface area contributed by atoms with Gasteiger partial charge in [-0.05, 0) is 0 Å². The summed E-state index contributed by atoms with van der Waals surface area (Å²) in [5.74, 6) is 0.899. The molecule has 0 aromatic carbocycles. The lowest BCUT2D eigenvalue weighted by Crippen LogP contribution is -2.18. The van der Waals surface area contributed by atoms with Crippen LogP contribution in [0.25, 0.3) is 6.20 Å². The molecule has 0 N–H and O–H groups in total. The second-order valence-corrected chi connectivity index (χ2v) is 3.12. The molecule has 1 aliphatic rings. The van der Waals surface area contributed by atoms with E-state index in [9.17, 15) is 4.79 Å². The third-order valence-electron chi connectivity index (χ3n) is 1.41. The summed E-state index contributed by atoms with van der Waals surface area (Å²) >= 11 is 1.57. The van der Waals surface area contributed by atoms with Gasteiger partial charge in [0.05, 0.1) is 0 Å². The molecule has 0 fully saturated rings. The van der Waals surface area contributed by atoms with Gasteiger partial charge in [-0.1, -0.05) is 17.8 Å². The van der Waals surface area contributed by atoms with E-state index in [0.29, 0.717) is 0 Å². The number of fused-ring (bicyclic) bond motifs is 1. The maximum atomic E-state index is 11.1. The molecule has 1 aromatic rings. The molecule has 1 aromatic heterocycles. The highest BCUT2D eigenvalue weighted by Crippen LogP contribution is 2.17. The molecule has 0 saturated heterocycles. The first-order valence-corrected chi connectivity index (χ1v) is 4.23. The predicted octanol–water partition coefficient (Wildman–Crippen LogP) is 0.820. The Labute approximate surface area is 67.8 Å². The van der Waals surface area contributed by atoms with Crippen molar-refractivity contribution in [2.24, 2.45) is 0 Å². The Bertz CT molecular complexity index is 356. The summed E-state index contributed by atoms with van der Waals surface area (Å²) in [5, 5.41) is 0.778. The second kappa shape index (κ2) is 2.54. The maximum absolute atomic E-state index is 11.1. The largest absolute Gasteiger partial charge is 0.269 e. The highest BCUT2D eigenvalue weighted by atomic mass is 32.2. The van der Waals surface area contributed by atoms with Crippen LogP contribution < -0.4 is 5.56 Å². The summed E-state index contributed by atoms with van der Waals surface area (Å²) < 4.78 is 1.55. The summed E-state index contributed by atoms with van der Waals surface area (Å²) in [6.07, 6.45) is 5.25. The molecule has 56 valence electrons. The Morgan fingerprint density at radius 1 is 1.64 bits per heavy atom. The first-order valence-electron chi connectivity index (χ1n) is 3.25. The zero-order valence-corrected chi connectivity index (χ0v) is 6.54. The topological polar surface area (TPSA) is 34.9 Å². The zero-order chi connectivity index (χ0) is 7.68. The normalized spacial score (nSPS) is 14.5. The van der Waals surface area contributed by atoms with Gasteiger partial charge in [0.1, 0.15) is 0 Å². The monoisotopic (exact) mass is 166 g/mol. The molecule has 0 aliphatic carbocycles. The van der Waals surface area contributed by atoms with Crippen LogP contribution in [0.4, 0.5) is 0 Å². The molecule has 3 nitrogen and oxygen atoms in total. The van der Waals surface area contributed by atoms with E-state index in [4.69, 9.17) is 0 Å². The number of hydrogen-bond acceptors (Lipinski definition) is 3. The van der Waals surface area contributed by atoms with Gasteiger partial charge in [0, 0.05) is 24.2 Å². The smallest absolute Gasteiger partial charge is 0.258 e. The molecular formula is C7H6N2OS. The molecule has 4 heteroatoms. The molecular weight excluding hydrogens is 160 g/mol. The van der Waals surface area contributed by atoms with E-state index in [1.807, 2.05) is 6.08 Å². The lowest BCUT2D eigenvalue weighted by Gasteiger charge is -2.08. The number of thioether (sulfide) groups is 1. The lowest BCUT2D eigenvalue weighted by atomic mass is 10.6. The molecule has 11 heavy (non-hydrogen) atoms. The standard InChI is InChI=1S/C7H6N2OS/c10-6-2-3-8-7-9(6)4-1-5-11-7/h1-4H,5H2. The van der Waals surface area contributed by atoms with Gasteiger partial charge < -0.3 is 0 Å². The van der Waals surface area contributed by atoms with Gasteiger partial charge >= 0.3 is 0 Å². The average molecular weight is 166 g/mol. The third kappa shape index (κ3) is 1.09. The Hall–Kier alpha value is -1.03. The average Bonchev–Trinajstić information content (AvgIpc) is 2.06. The fraction of sp³-hybridized carbons (Fsp3) is 0.143. The fourth-order valence-electron chi connectivity index (χ4n) is 0.917. The van der Waals surface area contributed by atoms with E-state index in [2.05, 4.69) is 4.98 Å². The Balaban J connectivity index is 2.70. The van der Waals surface area contributed by atoms with Crippen LogP contribution in [0.2, 0.25) is 0 Å². The summed E-state index contributed by atoms with van der Waals surface area (Å²) in [6.45, 7) is 0. The van der Waals surface area contributed by atoms with E-state index in [0.717, 1.165) is 10.9 Å². The summed E-state index contributed by atoms with van der Waals surface area (Å²) in [6, 6.07) is 1.46. The van der Waals surface area contributed by atoms with Crippen LogP contribution in [-0.2, 0) is 0 Å². The highest BCUT2D eigenvalue weighted by molar-refractivity contribution is 7.99. The maximum Gasteiger partial charge on any atom is 0.258 e. The molecule has 0 radical (unpaired) electrons. The molecule has 0 amide bonds. The van der Waals surface area contributed by atoms with Crippen molar-refractivity contribution in [2.75, 3.05) is 5.75 Å². The van der Waals surface area contributed by atoms with Gasteiger partial charge in [0.15, 0.2) is 5.16 Å². The second-order valence-electron chi connectivity index (χ2n) is 2.13. The van der Waals surface area contributed by atoms with Crippen molar-refractivity contribution in [1.82, 2.24) is 9.55 Å². The predicted molar refractivity (Wildman–Crippen MR) is 44.6 cm³/mol. The third-order valence-corrected chi connectivity index (χ3v) is 2.33. The molecule has 0 atom stereocenters. The first-order chi connectivity index (χ1) is 5.38. The molecule has 0 bridgehead atoms. The van der Waals surface area contributed by atoms with Crippen LogP contribution >= 0.6 is 11.8 Å². The Kier molecular flexibility index (Phi) is 1.54. The number of hydrogen-bond donors (Lipinski definition) is 0. The molecule has 2 heterocycles. The van der Waals surface area contributed by atoms with Gasteiger partial charge in [-0.25, -0.2) is 4.98 Å². The zero-order valence-electron chi connectivity index (χ0n) is 5.73. The minimum Gasteiger partial charge on any atom is -0.269 e. The number of aromatic nitrogens is 2. The van der Waals surface area contributed by atoms with Gasteiger partial charge in [-0.15, -0.1) is 0 Å².